The van der Waals surface area contributed by atoms with Crippen molar-refractivity contribution in [2.45, 2.75) is 32.9 Å². The van der Waals surface area contributed by atoms with Crippen molar-refractivity contribution in [3.63, 3.8) is 0 Å². The maximum atomic E-state index is 12.5. The normalized spacial score (nSPS) is 12.3. The quantitative estimate of drug-likeness (QED) is 0.802. The van der Waals surface area contributed by atoms with Gasteiger partial charge in [0, 0.05) is 44.9 Å². The van der Waals surface area contributed by atoms with Gasteiger partial charge in [0.2, 0.25) is 5.91 Å². The molecule has 0 aliphatic rings. The Labute approximate surface area is 119 Å². The van der Waals surface area contributed by atoms with E-state index >= 15 is 0 Å². The van der Waals surface area contributed by atoms with E-state index in [4.69, 9.17) is 0 Å². The molecule has 0 aromatic carbocycles. The molecule has 6 heteroatoms. The Hall–Kier alpha value is -2.11. The van der Waals surface area contributed by atoms with Gasteiger partial charge in [0.05, 0.1) is 0 Å². The van der Waals surface area contributed by atoms with Crippen LogP contribution in [0.1, 0.15) is 25.2 Å². The Bertz CT molecular complexity index is 546. The van der Waals surface area contributed by atoms with E-state index in [-0.39, 0.29) is 11.9 Å². The van der Waals surface area contributed by atoms with E-state index in [9.17, 15) is 4.79 Å². The van der Waals surface area contributed by atoms with Crippen LogP contribution in [0.3, 0.4) is 0 Å². The molecule has 0 bridgehead atoms. The zero-order valence-corrected chi connectivity index (χ0v) is 12.2. The van der Waals surface area contributed by atoms with Crippen molar-refractivity contribution in [3.05, 3.63) is 36.7 Å². The van der Waals surface area contributed by atoms with Crippen molar-refractivity contribution in [2.75, 3.05) is 13.6 Å². The number of carbonyl (C=O) groups is 1. The Balaban J connectivity index is 1.96. The van der Waals surface area contributed by atoms with Crippen LogP contribution in [0.15, 0.2) is 30.9 Å². The van der Waals surface area contributed by atoms with Gasteiger partial charge in [0.1, 0.15) is 11.9 Å². The molecular weight excluding hydrogens is 254 g/mol. The first kappa shape index (κ1) is 14.3. The van der Waals surface area contributed by atoms with Crippen LogP contribution in [0.5, 0.6) is 0 Å². The average Bonchev–Trinajstić information content (AvgIpc) is 3.09. The number of aryl methyl sites for hydroxylation is 1. The molecule has 2 aromatic rings. The monoisotopic (exact) mass is 275 g/mol. The number of carbonyl (C=O) groups excluding carboxylic acids is 1. The van der Waals surface area contributed by atoms with Crippen LogP contribution in [0.2, 0.25) is 0 Å². The number of imidazole rings is 1. The van der Waals surface area contributed by atoms with Gasteiger partial charge in [-0.25, -0.2) is 4.98 Å². The highest BCUT2D eigenvalue weighted by Crippen LogP contribution is 2.13. The van der Waals surface area contributed by atoms with Crippen LogP contribution in [-0.4, -0.2) is 43.7 Å². The molecule has 0 saturated heterocycles. The van der Waals surface area contributed by atoms with Crippen molar-refractivity contribution in [1.29, 1.82) is 0 Å². The second-order valence-electron chi connectivity index (χ2n) is 4.84. The zero-order chi connectivity index (χ0) is 14.5. The summed E-state index contributed by atoms with van der Waals surface area (Å²) in [6.07, 6.45) is 7.97. The molecule has 2 heterocycles. The van der Waals surface area contributed by atoms with Crippen molar-refractivity contribution in [1.82, 2.24) is 24.2 Å². The molecule has 0 aliphatic carbocycles. The molecule has 0 saturated carbocycles. The molecule has 0 N–H and O–H groups in total. The minimum absolute atomic E-state index is 0.0916. The Morgan fingerprint density at radius 2 is 2.20 bits per heavy atom. The molecule has 1 unspecified atom stereocenters. The van der Waals surface area contributed by atoms with Gasteiger partial charge >= 0.3 is 0 Å². The van der Waals surface area contributed by atoms with Crippen LogP contribution >= 0.6 is 0 Å². The topological polar surface area (TPSA) is 56.0 Å². The van der Waals surface area contributed by atoms with E-state index in [1.54, 1.807) is 22.0 Å². The van der Waals surface area contributed by atoms with Crippen LogP contribution in [0.25, 0.3) is 0 Å². The third kappa shape index (κ3) is 3.07. The maximum absolute atomic E-state index is 12.5. The van der Waals surface area contributed by atoms with Gasteiger partial charge in [-0.05, 0) is 19.4 Å². The standard InChI is InChI=1S/C14H21N5O/c1-4-13(19-8-5-6-16-19)14(20)17(3)10-11-18-9-7-15-12(18)2/h5-9,13H,4,10-11H2,1-3H3. The van der Waals surface area contributed by atoms with Gasteiger partial charge in [-0.3, -0.25) is 9.48 Å². The highest BCUT2D eigenvalue weighted by atomic mass is 16.2. The van der Waals surface area contributed by atoms with Gasteiger partial charge in [0.15, 0.2) is 0 Å². The van der Waals surface area contributed by atoms with E-state index in [0.717, 1.165) is 18.8 Å². The lowest BCUT2D eigenvalue weighted by Crippen LogP contribution is -2.36. The number of hydrogen-bond donors (Lipinski definition) is 0. The number of rotatable bonds is 6. The smallest absolute Gasteiger partial charge is 0.247 e. The summed E-state index contributed by atoms with van der Waals surface area (Å²) < 4.78 is 3.76. The third-order valence-electron chi connectivity index (χ3n) is 3.49. The Kier molecular flexibility index (Phi) is 4.55. The third-order valence-corrected chi connectivity index (χ3v) is 3.49. The number of aromatic nitrogens is 4. The van der Waals surface area contributed by atoms with Crippen LogP contribution in [0.4, 0.5) is 0 Å². The van der Waals surface area contributed by atoms with Gasteiger partial charge in [-0.1, -0.05) is 6.92 Å². The predicted molar refractivity (Wildman–Crippen MR) is 76.2 cm³/mol. The average molecular weight is 275 g/mol. The van der Waals surface area contributed by atoms with Gasteiger partial charge in [0.25, 0.3) is 0 Å². The molecule has 20 heavy (non-hydrogen) atoms. The van der Waals surface area contributed by atoms with Crippen LogP contribution in [-0.2, 0) is 11.3 Å². The minimum atomic E-state index is -0.223. The molecule has 2 aromatic heterocycles. The number of nitrogens with zero attached hydrogens (tertiary/aromatic N) is 5. The Morgan fingerprint density at radius 3 is 2.75 bits per heavy atom. The molecule has 1 atom stereocenters. The molecule has 2 rings (SSSR count). The van der Waals surface area contributed by atoms with Crippen molar-refractivity contribution < 1.29 is 4.79 Å². The highest BCUT2D eigenvalue weighted by Gasteiger charge is 2.22. The van der Waals surface area contributed by atoms with Crippen molar-refractivity contribution >= 4 is 5.91 Å². The van der Waals surface area contributed by atoms with E-state index in [1.807, 2.05) is 43.9 Å². The molecule has 1 amide bonds. The molecule has 0 aliphatic heterocycles. The number of hydrogen-bond acceptors (Lipinski definition) is 3. The summed E-state index contributed by atoms with van der Waals surface area (Å²) in [5.74, 6) is 1.05. The van der Waals surface area contributed by atoms with Crippen molar-refractivity contribution in [3.8, 4) is 0 Å². The Morgan fingerprint density at radius 1 is 1.40 bits per heavy atom. The minimum Gasteiger partial charge on any atom is -0.342 e. The first-order chi connectivity index (χ1) is 9.63. The highest BCUT2D eigenvalue weighted by molar-refractivity contribution is 5.80. The lowest BCUT2D eigenvalue weighted by Gasteiger charge is -2.23. The fourth-order valence-corrected chi connectivity index (χ4v) is 2.20. The number of likely N-dealkylation sites (N-methyl/N-ethyl adjacent to an activating group) is 1. The first-order valence-electron chi connectivity index (χ1n) is 6.85. The number of amides is 1. The summed E-state index contributed by atoms with van der Waals surface area (Å²) in [6, 6.07) is 1.61. The fraction of sp³-hybridized carbons (Fsp3) is 0.500. The summed E-state index contributed by atoms with van der Waals surface area (Å²) in [6.45, 7) is 5.37. The largest absolute Gasteiger partial charge is 0.342 e. The molecule has 0 radical (unpaired) electrons. The summed E-state index contributed by atoms with van der Waals surface area (Å²) >= 11 is 0. The summed E-state index contributed by atoms with van der Waals surface area (Å²) in [5, 5.41) is 4.17. The summed E-state index contributed by atoms with van der Waals surface area (Å²) in [5.41, 5.74) is 0. The van der Waals surface area contributed by atoms with E-state index in [1.165, 1.54) is 0 Å². The lowest BCUT2D eigenvalue weighted by molar-refractivity contribution is -0.134. The van der Waals surface area contributed by atoms with Crippen molar-refractivity contribution in [2.24, 2.45) is 0 Å². The SMILES string of the molecule is CCC(C(=O)N(C)CCn1ccnc1C)n1cccn1. The summed E-state index contributed by atoms with van der Waals surface area (Å²) in [4.78, 5) is 18.4. The van der Waals surface area contributed by atoms with E-state index in [0.29, 0.717) is 6.54 Å². The maximum Gasteiger partial charge on any atom is 0.247 e. The van der Waals surface area contributed by atoms with Crippen LogP contribution < -0.4 is 0 Å². The first-order valence-corrected chi connectivity index (χ1v) is 6.85. The molecule has 108 valence electrons. The zero-order valence-electron chi connectivity index (χ0n) is 12.2. The van der Waals surface area contributed by atoms with Gasteiger partial charge in [-0.15, -0.1) is 0 Å². The van der Waals surface area contributed by atoms with E-state index < -0.39 is 0 Å². The van der Waals surface area contributed by atoms with Gasteiger partial charge < -0.3 is 9.47 Å². The second-order valence-corrected chi connectivity index (χ2v) is 4.84. The van der Waals surface area contributed by atoms with E-state index in [2.05, 4.69) is 10.1 Å². The molecule has 0 spiro atoms. The van der Waals surface area contributed by atoms with Gasteiger partial charge in [-0.2, -0.15) is 5.10 Å². The lowest BCUT2D eigenvalue weighted by atomic mass is 10.2. The molecule has 0 fully saturated rings. The fourth-order valence-electron chi connectivity index (χ4n) is 2.20. The van der Waals surface area contributed by atoms with Crippen LogP contribution in [0, 0.1) is 6.92 Å². The molecular formula is C14H21N5O. The molecule has 6 nitrogen and oxygen atoms in total. The predicted octanol–water partition coefficient (Wildman–Crippen LogP) is 1.50. The summed E-state index contributed by atoms with van der Waals surface area (Å²) in [7, 11) is 1.83. The second kappa shape index (κ2) is 6.36.